The highest BCUT2D eigenvalue weighted by molar-refractivity contribution is 7.81. The zero-order valence-electron chi connectivity index (χ0n) is 15.2. The third-order valence-corrected chi connectivity index (χ3v) is 4.87. The highest BCUT2D eigenvalue weighted by Crippen LogP contribution is 2.27. The molecule has 1 aliphatic rings. The molecule has 1 amide bonds. The van der Waals surface area contributed by atoms with Crippen LogP contribution in [0.3, 0.4) is 0 Å². The van der Waals surface area contributed by atoms with Crippen molar-refractivity contribution >= 4 is 24.2 Å². The molecule has 134 valence electrons. The van der Waals surface area contributed by atoms with Crippen molar-refractivity contribution < 1.29 is 4.79 Å². The number of fused-ring (bicyclic) bond motifs is 1. The minimum Gasteiger partial charge on any atom is -0.358 e. The summed E-state index contributed by atoms with van der Waals surface area (Å²) in [6, 6.07) is 8.75. The molecule has 24 heavy (non-hydrogen) atoms. The van der Waals surface area contributed by atoms with E-state index in [0.717, 1.165) is 26.2 Å². The summed E-state index contributed by atoms with van der Waals surface area (Å²) in [6.07, 6.45) is 3.38. The number of aryl methyl sites for hydroxylation is 1. The molecule has 0 aromatic heterocycles. The fourth-order valence-electron chi connectivity index (χ4n) is 3.51. The number of nitrogens with zero attached hydrogens (tertiary/aromatic N) is 2. The van der Waals surface area contributed by atoms with Gasteiger partial charge in [-0.2, -0.15) is 12.6 Å². The van der Waals surface area contributed by atoms with Crippen LogP contribution in [0.5, 0.6) is 0 Å². The van der Waals surface area contributed by atoms with E-state index < -0.39 is 0 Å². The van der Waals surface area contributed by atoms with Gasteiger partial charge in [-0.1, -0.05) is 32.0 Å². The van der Waals surface area contributed by atoms with Crippen molar-refractivity contribution in [2.24, 2.45) is 5.41 Å². The Labute approximate surface area is 152 Å². The maximum absolute atomic E-state index is 11.3. The number of anilines is 1. The Bertz CT molecular complexity index is 547. The molecule has 0 radical (unpaired) electrons. The van der Waals surface area contributed by atoms with Crippen LogP contribution in [-0.2, 0) is 11.2 Å². The van der Waals surface area contributed by atoms with Crippen LogP contribution in [0.1, 0.15) is 32.3 Å². The van der Waals surface area contributed by atoms with Gasteiger partial charge in [-0.15, -0.1) is 0 Å². The molecule has 0 atom stereocenters. The number of hydrogen-bond donors (Lipinski definition) is 2. The maximum atomic E-state index is 11.3. The summed E-state index contributed by atoms with van der Waals surface area (Å²) in [6.45, 7) is 8.32. The van der Waals surface area contributed by atoms with Gasteiger partial charge < -0.3 is 10.2 Å². The lowest BCUT2D eigenvalue weighted by Gasteiger charge is -2.37. The van der Waals surface area contributed by atoms with Gasteiger partial charge in [-0.3, -0.25) is 9.69 Å². The van der Waals surface area contributed by atoms with E-state index in [1.807, 2.05) is 0 Å². The topological polar surface area (TPSA) is 35.6 Å². The van der Waals surface area contributed by atoms with E-state index in [-0.39, 0.29) is 17.1 Å². The van der Waals surface area contributed by atoms with Crippen molar-refractivity contribution in [2.45, 2.75) is 33.1 Å². The number of rotatable bonds is 8. The molecule has 0 saturated carbocycles. The van der Waals surface area contributed by atoms with Gasteiger partial charge in [0.2, 0.25) is 5.91 Å². The predicted octanol–water partition coefficient (Wildman–Crippen LogP) is 2.79. The number of carbonyl (C=O) groups excluding carboxylic acids is 1. The summed E-state index contributed by atoms with van der Waals surface area (Å²) in [5, 5.41) is 2.91. The molecule has 1 aliphatic heterocycles. The average molecular weight is 350 g/mol. The average Bonchev–Trinajstić information content (AvgIpc) is 2.54. The smallest absolute Gasteiger partial charge is 0.229 e. The minimum absolute atomic E-state index is 0.00686. The molecular weight excluding hydrogens is 318 g/mol. The number of benzene rings is 1. The first-order valence-electron chi connectivity index (χ1n) is 8.80. The second-order valence-electron chi connectivity index (χ2n) is 7.57. The Hall–Kier alpha value is -1.20. The molecule has 0 spiro atoms. The van der Waals surface area contributed by atoms with Crippen molar-refractivity contribution in [2.75, 3.05) is 44.0 Å². The summed E-state index contributed by atoms with van der Waals surface area (Å²) in [5.74, 6) is 0.265. The Morgan fingerprint density at radius 1 is 1.38 bits per heavy atom. The lowest BCUT2D eigenvalue weighted by molar-refractivity contribution is -0.118. The zero-order chi connectivity index (χ0) is 17.6. The minimum atomic E-state index is 0.00686. The highest BCUT2D eigenvalue weighted by atomic mass is 32.1. The van der Waals surface area contributed by atoms with E-state index >= 15 is 0 Å². The van der Waals surface area contributed by atoms with E-state index in [1.54, 1.807) is 0 Å². The van der Waals surface area contributed by atoms with Gasteiger partial charge in [0, 0.05) is 25.3 Å². The van der Waals surface area contributed by atoms with Crippen LogP contribution in [0.15, 0.2) is 24.3 Å². The van der Waals surface area contributed by atoms with Gasteiger partial charge in [0.25, 0.3) is 0 Å². The van der Waals surface area contributed by atoms with Gasteiger partial charge in [0.1, 0.15) is 0 Å². The standard InChI is InChI=1S/C19H31N3OS/c1-19(2,10-11-20-18(23)13-24)14-21(3)15-22-12-6-8-16-7-4-5-9-17(16)22/h4-5,7,9,24H,6,8,10-15H2,1-3H3,(H,20,23). The van der Waals surface area contributed by atoms with Crippen LogP contribution in [0.25, 0.3) is 0 Å². The summed E-state index contributed by atoms with van der Waals surface area (Å²) in [4.78, 5) is 16.2. The lowest BCUT2D eigenvalue weighted by Crippen LogP contribution is -2.43. The number of amides is 1. The lowest BCUT2D eigenvalue weighted by atomic mass is 9.89. The fraction of sp³-hybridized carbons (Fsp3) is 0.632. The van der Waals surface area contributed by atoms with Crippen molar-refractivity contribution in [3.63, 3.8) is 0 Å². The van der Waals surface area contributed by atoms with Crippen LogP contribution in [0.2, 0.25) is 0 Å². The molecule has 0 saturated heterocycles. The van der Waals surface area contributed by atoms with Crippen molar-refractivity contribution in [1.29, 1.82) is 0 Å². The molecule has 0 unspecified atom stereocenters. The van der Waals surface area contributed by atoms with Crippen LogP contribution in [-0.4, -0.2) is 49.9 Å². The molecule has 4 nitrogen and oxygen atoms in total. The zero-order valence-corrected chi connectivity index (χ0v) is 16.1. The Morgan fingerprint density at radius 3 is 2.88 bits per heavy atom. The summed E-state index contributed by atoms with van der Waals surface area (Å²) in [7, 11) is 2.19. The number of para-hydroxylation sites is 1. The Kier molecular flexibility index (Phi) is 6.99. The first-order chi connectivity index (χ1) is 11.4. The van der Waals surface area contributed by atoms with Crippen molar-refractivity contribution in [1.82, 2.24) is 10.2 Å². The largest absolute Gasteiger partial charge is 0.358 e. The monoisotopic (exact) mass is 349 g/mol. The highest BCUT2D eigenvalue weighted by Gasteiger charge is 2.23. The van der Waals surface area contributed by atoms with Gasteiger partial charge >= 0.3 is 0 Å². The summed E-state index contributed by atoms with van der Waals surface area (Å²) in [5.41, 5.74) is 3.01. The molecular formula is C19H31N3OS. The fourth-order valence-corrected chi connectivity index (χ4v) is 3.62. The number of nitrogens with one attached hydrogen (secondary N) is 1. The molecule has 2 rings (SSSR count). The molecule has 1 heterocycles. The number of hydrogen-bond acceptors (Lipinski definition) is 4. The van der Waals surface area contributed by atoms with Crippen molar-refractivity contribution in [3.05, 3.63) is 29.8 Å². The van der Waals surface area contributed by atoms with Gasteiger partial charge in [0.05, 0.1) is 12.4 Å². The van der Waals surface area contributed by atoms with E-state index in [1.165, 1.54) is 24.1 Å². The first kappa shape index (κ1) is 19.1. The van der Waals surface area contributed by atoms with Crippen LogP contribution < -0.4 is 10.2 Å². The molecule has 5 heteroatoms. The maximum Gasteiger partial charge on any atom is 0.229 e. The molecule has 0 fully saturated rings. The summed E-state index contributed by atoms with van der Waals surface area (Å²) < 4.78 is 0. The second kappa shape index (κ2) is 8.77. The number of thiol groups is 1. The first-order valence-corrected chi connectivity index (χ1v) is 9.43. The Morgan fingerprint density at radius 2 is 2.12 bits per heavy atom. The Balaban J connectivity index is 1.84. The van der Waals surface area contributed by atoms with Crippen LogP contribution in [0, 0.1) is 5.41 Å². The van der Waals surface area contributed by atoms with E-state index in [2.05, 4.69) is 72.9 Å². The van der Waals surface area contributed by atoms with Gasteiger partial charge in [0.15, 0.2) is 0 Å². The third kappa shape index (κ3) is 5.71. The van der Waals surface area contributed by atoms with Gasteiger partial charge in [-0.25, -0.2) is 0 Å². The number of carbonyl (C=O) groups is 1. The molecule has 0 bridgehead atoms. The van der Waals surface area contributed by atoms with Crippen LogP contribution in [0.4, 0.5) is 5.69 Å². The normalized spacial score (nSPS) is 14.6. The molecule has 1 N–H and O–H groups in total. The SMILES string of the molecule is CN(CN1CCCc2ccccc21)CC(C)(C)CCNC(=O)CS. The van der Waals surface area contributed by atoms with Gasteiger partial charge in [-0.05, 0) is 43.4 Å². The van der Waals surface area contributed by atoms with E-state index in [4.69, 9.17) is 0 Å². The second-order valence-corrected chi connectivity index (χ2v) is 7.89. The quantitative estimate of drug-likeness (QED) is 0.709. The van der Waals surface area contributed by atoms with Crippen LogP contribution >= 0.6 is 12.6 Å². The van der Waals surface area contributed by atoms with E-state index in [9.17, 15) is 4.79 Å². The molecule has 1 aromatic carbocycles. The summed E-state index contributed by atoms with van der Waals surface area (Å²) >= 11 is 3.99. The van der Waals surface area contributed by atoms with E-state index in [0.29, 0.717) is 6.54 Å². The molecule has 0 aliphatic carbocycles. The molecule has 1 aromatic rings. The van der Waals surface area contributed by atoms with Crippen molar-refractivity contribution in [3.8, 4) is 0 Å². The predicted molar refractivity (Wildman–Crippen MR) is 105 cm³/mol. The third-order valence-electron chi connectivity index (χ3n) is 4.58.